The Morgan fingerprint density at radius 3 is 1.52 bits per heavy atom. The van der Waals surface area contributed by atoms with Gasteiger partial charge in [-0.05, 0) is 91.0 Å². The highest BCUT2D eigenvalue weighted by Crippen LogP contribution is 2.37. The van der Waals surface area contributed by atoms with Crippen LogP contribution in [0.3, 0.4) is 0 Å². The summed E-state index contributed by atoms with van der Waals surface area (Å²) in [5.74, 6) is -0.671. The zero-order valence-corrected chi connectivity index (χ0v) is 23.9. The zero-order chi connectivity index (χ0) is 30.3. The minimum absolute atomic E-state index is 0.0722. The number of halogens is 7. The van der Waals surface area contributed by atoms with E-state index in [2.05, 4.69) is 0 Å². The van der Waals surface area contributed by atoms with Crippen LogP contribution in [0, 0.1) is 11.6 Å². The summed E-state index contributed by atoms with van der Waals surface area (Å²) in [6.45, 7) is 0. The summed E-state index contributed by atoms with van der Waals surface area (Å²) in [4.78, 5) is 17.5. The molecule has 0 saturated heterocycles. The maximum atomic E-state index is 13.6. The van der Waals surface area contributed by atoms with Crippen LogP contribution in [0.4, 0.5) is 26.0 Å². The first-order valence-corrected chi connectivity index (χ1v) is 14.7. The Kier molecular flexibility index (Phi) is 10.5. The largest absolute Gasteiger partial charge is 0.673 e. The van der Waals surface area contributed by atoms with Crippen molar-refractivity contribution in [1.29, 1.82) is 0 Å². The average Bonchev–Trinajstić information content (AvgIpc) is 2.96. The summed E-state index contributed by atoms with van der Waals surface area (Å²) in [5.41, 5.74) is 1.16. The average molecular weight is 633 g/mol. The van der Waals surface area contributed by atoms with E-state index in [-0.39, 0.29) is 17.4 Å². The van der Waals surface area contributed by atoms with Crippen molar-refractivity contribution in [3.63, 3.8) is 0 Å². The van der Waals surface area contributed by atoms with Crippen LogP contribution in [0.1, 0.15) is 15.9 Å². The second kappa shape index (κ2) is 14.0. The Morgan fingerprint density at radius 1 is 0.619 bits per heavy atom. The maximum absolute atomic E-state index is 13.6. The smallest absolute Gasteiger partial charge is 0.418 e. The quantitative estimate of drug-likeness (QED) is 0.0769. The molecule has 5 rings (SSSR count). The van der Waals surface area contributed by atoms with Crippen molar-refractivity contribution in [2.45, 2.75) is 24.5 Å². The number of carbonyl (C=O) groups excluding carboxylic acids is 1. The highest BCUT2D eigenvalue weighted by molar-refractivity contribution is 7.99. The topological polar surface area (TPSA) is 17.1 Å². The molecule has 0 aliphatic heterocycles. The molecule has 0 heterocycles. The van der Waals surface area contributed by atoms with Crippen LogP contribution >= 0.6 is 23.4 Å². The molecular weight excluding hydrogens is 613 g/mol. The third-order valence-electron chi connectivity index (χ3n) is 5.62. The molecule has 0 radical (unpaired) electrons. The number of benzene rings is 5. The van der Waals surface area contributed by atoms with Crippen LogP contribution < -0.4 is 0 Å². The van der Waals surface area contributed by atoms with Crippen LogP contribution in [0.25, 0.3) is 0 Å². The van der Waals surface area contributed by atoms with Crippen LogP contribution in [0.5, 0.6) is 0 Å². The third kappa shape index (κ3) is 8.95. The molecule has 0 aliphatic rings. The molecule has 0 amide bonds. The van der Waals surface area contributed by atoms with Gasteiger partial charge in [0, 0.05) is 20.9 Å². The molecule has 5 aromatic rings. The van der Waals surface area contributed by atoms with Gasteiger partial charge >= 0.3 is 7.25 Å². The molecular formula is C31H20BClF6OS2. The molecule has 0 fully saturated rings. The van der Waals surface area contributed by atoms with E-state index in [4.69, 9.17) is 11.6 Å². The first kappa shape index (κ1) is 31.3. The molecule has 0 N–H and O–H groups in total. The van der Waals surface area contributed by atoms with Gasteiger partial charge in [-0.3, -0.25) is 4.79 Å². The van der Waals surface area contributed by atoms with E-state index >= 15 is 0 Å². The van der Waals surface area contributed by atoms with Crippen molar-refractivity contribution in [1.82, 2.24) is 0 Å². The van der Waals surface area contributed by atoms with Gasteiger partial charge < -0.3 is 17.3 Å². The molecule has 0 spiro atoms. The predicted molar refractivity (Wildman–Crippen MR) is 157 cm³/mol. The van der Waals surface area contributed by atoms with E-state index in [1.165, 1.54) is 36.0 Å². The lowest BCUT2D eigenvalue weighted by atomic mass is 10.0. The van der Waals surface area contributed by atoms with Gasteiger partial charge in [-0.1, -0.05) is 53.7 Å². The summed E-state index contributed by atoms with van der Waals surface area (Å²) < 4.78 is 66.2. The predicted octanol–water partition coefficient (Wildman–Crippen LogP) is 10.4. The number of ketones is 1. The van der Waals surface area contributed by atoms with Crippen molar-refractivity contribution in [2.24, 2.45) is 0 Å². The van der Waals surface area contributed by atoms with Gasteiger partial charge in [0.15, 0.2) is 20.5 Å². The SMILES string of the molecule is F[B-](F)(F)F.O=C(c1ccccc1)c1ccc(Sc2ccc([S+](c3ccc(F)cc3)c3ccc(F)cc3)cc2)c(Cl)c1. The van der Waals surface area contributed by atoms with Gasteiger partial charge in [0.05, 0.1) is 15.9 Å². The van der Waals surface area contributed by atoms with Crippen molar-refractivity contribution in [2.75, 3.05) is 0 Å². The lowest BCUT2D eigenvalue weighted by Gasteiger charge is -2.10. The van der Waals surface area contributed by atoms with Crippen LogP contribution in [-0.4, -0.2) is 13.0 Å². The molecule has 0 unspecified atom stereocenters. The van der Waals surface area contributed by atoms with Gasteiger partial charge in [0.25, 0.3) is 0 Å². The van der Waals surface area contributed by atoms with E-state index in [0.717, 1.165) is 24.5 Å². The van der Waals surface area contributed by atoms with Crippen molar-refractivity contribution in [3.8, 4) is 0 Å². The summed E-state index contributed by atoms with van der Waals surface area (Å²) in [7, 11) is -6.52. The summed E-state index contributed by atoms with van der Waals surface area (Å²) >= 11 is 8.05. The van der Waals surface area contributed by atoms with Crippen LogP contribution in [-0.2, 0) is 10.9 Å². The standard InChI is InChI=1S/C31H20ClF2OS2.BF4/c32-29-20-22(31(35)21-4-2-1-3-5-21)6-19-30(29)36-25-11-17-28(18-12-25)37(26-13-7-23(33)8-14-26)27-15-9-24(34)10-16-27;2-1(3,4)5/h1-20H;/q+1;-1. The van der Waals surface area contributed by atoms with Crippen LogP contribution in [0.2, 0.25) is 5.02 Å². The second-order valence-electron chi connectivity index (χ2n) is 8.62. The Morgan fingerprint density at radius 2 is 1.07 bits per heavy atom. The molecule has 0 aliphatic carbocycles. The first-order valence-electron chi connectivity index (χ1n) is 12.3. The fourth-order valence-electron chi connectivity index (χ4n) is 3.80. The van der Waals surface area contributed by atoms with E-state index in [1.54, 1.807) is 48.5 Å². The minimum atomic E-state index is -6.00. The lowest BCUT2D eigenvalue weighted by Crippen LogP contribution is -2.05. The number of hydrogen-bond acceptors (Lipinski definition) is 2. The normalized spacial score (nSPS) is 11.1. The monoisotopic (exact) mass is 632 g/mol. The van der Waals surface area contributed by atoms with Gasteiger partial charge in [-0.15, -0.1) is 0 Å². The van der Waals surface area contributed by atoms with Gasteiger partial charge in [0.1, 0.15) is 11.6 Å². The Hall–Kier alpha value is -3.60. The maximum Gasteiger partial charge on any atom is 0.673 e. The summed E-state index contributed by atoms with van der Waals surface area (Å²) in [5, 5.41) is 0.508. The number of carbonyl (C=O) groups is 1. The Bertz CT molecular complexity index is 1580. The van der Waals surface area contributed by atoms with E-state index in [9.17, 15) is 30.8 Å². The Labute approximate surface area is 251 Å². The van der Waals surface area contributed by atoms with E-state index in [1.807, 2.05) is 48.5 Å². The molecule has 42 heavy (non-hydrogen) atoms. The molecule has 1 nitrogen and oxygen atoms in total. The van der Waals surface area contributed by atoms with E-state index < -0.39 is 18.1 Å². The molecule has 0 aromatic heterocycles. The molecule has 0 bridgehead atoms. The first-order chi connectivity index (χ1) is 20.0. The molecule has 0 atom stereocenters. The van der Waals surface area contributed by atoms with Crippen molar-refractivity contribution >= 4 is 47.3 Å². The van der Waals surface area contributed by atoms with E-state index in [0.29, 0.717) is 16.1 Å². The number of rotatable bonds is 7. The molecule has 5 aromatic carbocycles. The van der Waals surface area contributed by atoms with Crippen molar-refractivity contribution in [3.05, 3.63) is 149 Å². The third-order valence-corrected chi connectivity index (χ3v) is 9.36. The fraction of sp³-hybridized carbons (Fsp3) is 0. The van der Waals surface area contributed by atoms with Crippen molar-refractivity contribution < 1.29 is 30.8 Å². The number of hydrogen-bond donors (Lipinski definition) is 0. The lowest BCUT2D eigenvalue weighted by molar-refractivity contribution is 0.103. The molecule has 0 saturated carbocycles. The second-order valence-corrected chi connectivity index (χ2v) is 12.2. The van der Waals surface area contributed by atoms with Gasteiger partial charge in [-0.25, -0.2) is 8.78 Å². The highest BCUT2D eigenvalue weighted by Gasteiger charge is 2.29. The minimum Gasteiger partial charge on any atom is -0.418 e. The summed E-state index contributed by atoms with van der Waals surface area (Å²) in [6, 6.07) is 35.4. The zero-order valence-electron chi connectivity index (χ0n) is 21.5. The fourth-order valence-corrected chi connectivity index (χ4v) is 6.96. The Balaban J connectivity index is 0.000000748. The molecule has 214 valence electrons. The van der Waals surface area contributed by atoms with Crippen LogP contribution in [0.15, 0.2) is 146 Å². The van der Waals surface area contributed by atoms with Gasteiger partial charge in [0.2, 0.25) is 0 Å². The molecule has 11 heteroatoms. The van der Waals surface area contributed by atoms with Gasteiger partial charge in [-0.2, -0.15) is 0 Å². The summed E-state index contributed by atoms with van der Waals surface area (Å²) in [6.07, 6.45) is 0. The highest BCUT2D eigenvalue weighted by atomic mass is 35.5.